The lowest BCUT2D eigenvalue weighted by Crippen LogP contribution is -2.21. The number of aromatic nitrogens is 2. The molecule has 0 aromatic carbocycles. The van der Waals surface area contributed by atoms with Crippen LogP contribution in [0.3, 0.4) is 0 Å². The molecule has 0 spiro atoms. The minimum Gasteiger partial charge on any atom is -0.358 e. The quantitative estimate of drug-likeness (QED) is 0.912. The molecule has 1 aliphatic rings. The first-order valence-corrected chi connectivity index (χ1v) is 7.64. The zero-order valence-corrected chi connectivity index (χ0v) is 11.7. The lowest BCUT2D eigenvalue weighted by Gasteiger charge is -2.18. The van der Waals surface area contributed by atoms with E-state index in [1.165, 1.54) is 11.3 Å². The van der Waals surface area contributed by atoms with Gasteiger partial charge in [0, 0.05) is 12.5 Å². The monoisotopic (exact) mass is 271 g/mol. The van der Waals surface area contributed by atoms with Crippen LogP contribution in [0.4, 0.5) is 5.13 Å². The number of hydrogen-bond acceptors (Lipinski definition) is 6. The maximum Gasteiger partial charge on any atom is 0.206 e. The van der Waals surface area contributed by atoms with E-state index >= 15 is 0 Å². The van der Waals surface area contributed by atoms with Crippen molar-refractivity contribution in [3.8, 4) is 0 Å². The van der Waals surface area contributed by atoms with Crippen LogP contribution in [0.15, 0.2) is 4.34 Å². The van der Waals surface area contributed by atoms with Gasteiger partial charge >= 0.3 is 0 Å². The van der Waals surface area contributed by atoms with Gasteiger partial charge in [0.25, 0.3) is 0 Å². The van der Waals surface area contributed by atoms with Crippen LogP contribution in [0, 0.1) is 0 Å². The summed E-state index contributed by atoms with van der Waals surface area (Å²) in [6.45, 7) is 4.14. The van der Waals surface area contributed by atoms with Gasteiger partial charge in [0.15, 0.2) is 4.34 Å². The summed E-state index contributed by atoms with van der Waals surface area (Å²) in [5.41, 5.74) is 0. The number of hydrogen-bond donors (Lipinski definition) is 1. The molecule has 0 radical (unpaired) electrons. The third-order valence-electron chi connectivity index (χ3n) is 2.56. The van der Waals surface area contributed by atoms with E-state index in [1.54, 1.807) is 11.8 Å². The summed E-state index contributed by atoms with van der Waals surface area (Å²) in [5, 5.41) is 12.3. The second-order valence-electron chi connectivity index (χ2n) is 4.49. The summed E-state index contributed by atoms with van der Waals surface area (Å²) >= 11 is 3.11. The normalized spacial score (nSPS) is 20.9. The molecule has 1 atom stereocenters. The Hall–Kier alpha value is -0.620. The second kappa shape index (κ2) is 5.82. The predicted octanol–water partition coefficient (Wildman–Crippen LogP) is 2.96. The standard InChI is InChI=1S/C11H17N3OS2/c1-7(2)12-10-13-14-11(17-10)16-9-6-4-3-5-8(9)15/h7,9H,3-6H2,1-2H3,(H,12,13)/t9-/m1/s1. The van der Waals surface area contributed by atoms with E-state index in [4.69, 9.17) is 0 Å². The molecule has 1 heterocycles. The number of rotatable bonds is 4. The molecule has 0 bridgehead atoms. The first kappa shape index (κ1) is 12.8. The summed E-state index contributed by atoms with van der Waals surface area (Å²) in [4.78, 5) is 11.7. The van der Waals surface area contributed by atoms with Gasteiger partial charge in [-0.15, -0.1) is 10.2 Å². The molecular weight excluding hydrogens is 254 g/mol. The average Bonchev–Trinajstić information content (AvgIpc) is 2.68. The fourth-order valence-electron chi connectivity index (χ4n) is 1.76. The Morgan fingerprint density at radius 3 is 2.94 bits per heavy atom. The molecule has 1 aromatic rings. The van der Waals surface area contributed by atoms with E-state index in [9.17, 15) is 4.79 Å². The van der Waals surface area contributed by atoms with Crippen molar-refractivity contribution in [1.29, 1.82) is 0 Å². The van der Waals surface area contributed by atoms with E-state index in [1.807, 2.05) is 0 Å². The van der Waals surface area contributed by atoms with Crippen molar-refractivity contribution in [3.63, 3.8) is 0 Å². The Morgan fingerprint density at radius 2 is 2.24 bits per heavy atom. The molecule has 1 N–H and O–H groups in total. The summed E-state index contributed by atoms with van der Waals surface area (Å²) in [6, 6.07) is 0.358. The zero-order valence-electron chi connectivity index (χ0n) is 10.1. The Balaban J connectivity index is 1.93. The van der Waals surface area contributed by atoms with Gasteiger partial charge in [-0.05, 0) is 26.7 Å². The highest BCUT2D eigenvalue weighted by molar-refractivity contribution is 8.02. The van der Waals surface area contributed by atoms with Gasteiger partial charge < -0.3 is 5.32 Å². The van der Waals surface area contributed by atoms with Crippen molar-refractivity contribution in [1.82, 2.24) is 10.2 Å². The predicted molar refractivity (Wildman–Crippen MR) is 71.8 cm³/mol. The molecule has 1 aromatic heterocycles. The molecule has 0 aliphatic heterocycles. The second-order valence-corrected chi connectivity index (χ2v) is 6.92. The highest BCUT2D eigenvalue weighted by Gasteiger charge is 2.24. The van der Waals surface area contributed by atoms with Crippen molar-refractivity contribution >= 4 is 34.0 Å². The number of anilines is 1. The minimum atomic E-state index is 0.101. The zero-order chi connectivity index (χ0) is 12.3. The summed E-state index contributed by atoms with van der Waals surface area (Å²) in [7, 11) is 0. The minimum absolute atomic E-state index is 0.101. The maximum atomic E-state index is 11.7. The van der Waals surface area contributed by atoms with Gasteiger partial charge in [-0.1, -0.05) is 29.5 Å². The molecule has 6 heteroatoms. The Morgan fingerprint density at radius 1 is 1.41 bits per heavy atom. The summed E-state index contributed by atoms with van der Waals surface area (Å²) < 4.78 is 0.897. The van der Waals surface area contributed by atoms with Crippen LogP contribution in [0.2, 0.25) is 0 Å². The first-order valence-electron chi connectivity index (χ1n) is 5.94. The Labute approximate surface area is 110 Å². The number of carbonyl (C=O) groups is 1. The number of thioether (sulfide) groups is 1. The molecule has 4 nitrogen and oxygen atoms in total. The third-order valence-corrected chi connectivity index (χ3v) is 4.81. The molecule has 0 amide bonds. The van der Waals surface area contributed by atoms with Crippen LogP contribution < -0.4 is 5.32 Å². The molecule has 1 saturated carbocycles. The molecule has 0 saturated heterocycles. The number of carbonyl (C=O) groups excluding carboxylic acids is 1. The van der Waals surface area contributed by atoms with Gasteiger partial charge in [0.1, 0.15) is 5.78 Å². The molecule has 1 aliphatic carbocycles. The van der Waals surface area contributed by atoms with Crippen LogP contribution in [0.25, 0.3) is 0 Å². The van der Waals surface area contributed by atoms with Gasteiger partial charge in [-0.2, -0.15) is 0 Å². The van der Waals surface area contributed by atoms with Crippen molar-refractivity contribution in [2.45, 2.75) is 55.2 Å². The van der Waals surface area contributed by atoms with Crippen LogP contribution in [0.5, 0.6) is 0 Å². The van der Waals surface area contributed by atoms with Crippen molar-refractivity contribution < 1.29 is 4.79 Å². The SMILES string of the molecule is CC(C)Nc1nnc(S[C@@H]2CCCCC2=O)s1. The van der Waals surface area contributed by atoms with E-state index in [2.05, 4.69) is 29.4 Å². The third kappa shape index (κ3) is 3.67. The number of ketones is 1. The fraction of sp³-hybridized carbons (Fsp3) is 0.727. The van der Waals surface area contributed by atoms with Crippen LogP contribution in [-0.2, 0) is 4.79 Å². The van der Waals surface area contributed by atoms with Gasteiger partial charge in [-0.3, -0.25) is 4.79 Å². The molecule has 17 heavy (non-hydrogen) atoms. The first-order chi connectivity index (χ1) is 8.15. The average molecular weight is 271 g/mol. The molecule has 2 rings (SSSR count). The van der Waals surface area contributed by atoms with E-state index in [-0.39, 0.29) is 5.25 Å². The van der Waals surface area contributed by atoms with Gasteiger partial charge in [0.05, 0.1) is 5.25 Å². The van der Waals surface area contributed by atoms with E-state index < -0.39 is 0 Å². The lowest BCUT2D eigenvalue weighted by atomic mass is 9.99. The number of nitrogens with one attached hydrogen (secondary N) is 1. The van der Waals surface area contributed by atoms with Crippen LogP contribution >= 0.6 is 23.1 Å². The van der Waals surface area contributed by atoms with Crippen LogP contribution in [-0.4, -0.2) is 27.3 Å². The number of Topliss-reactive ketones (excluding diaryl/α,β-unsaturated/α-hetero) is 1. The largest absolute Gasteiger partial charge is 0.358 e. The Bertz CT molecular complexity index is 392. The van der Waals surface area contributed by atoms with Gasteiger partial charge in [-0.25, -0.2) is 0 Å². The fourth-order valence-corrected chi connectivity index (χ4v) is 4.03. The summed E-state index contributed by atoms with van der Waals surface area (Å²) in [5.74, 6) is 0.370. The smallest absolute Gasteiger partial charge is 0.206 e. The van der Waals surface area contributed by atoms with Gasteiger partial charge in [0.2, 0.25) is 5.13 Å². The highest BCUT2D eigenvalue weighted by atomic mass is 32.2. The maximum absolute atomic E-state index is 11.7. The van der Waals surface area contributed by atoms with Crippen LogP contribution in [0.1, 0.15) is 39.5 Å². The molecule has 0 unspecified atom stereocenters. The van der Waals surface area contributed by atoms with Crippen molar-refractivity contribution in [3.05, 3.63) is 0 Å². The topological polar surface area (TPSA) is 54.9 Å². The number of nitrogens with zero attached hydrogens (tertiary/aromatic N) is 2. The lowest BCUT2D eigenvalue weighted by molar-refractivity contribution is -0.119. The summed E-state index contributed by atoms with van der Waals surface area (Å²) in [6.07, 6.45) is 3.91. The highest BCUT2D eigenvalue weighted by Crippen LogP contribution is 2.34. The molecular formula is C11H17N3OS2. The molecule has 94 valence electrons. The van der Waals surface area contributed by atoms with E-state index in [0.29, 0.717) is 11.8 Å². The Kier molecular flexibility index (Phi) is 4.39. The van der Waals surface area contributed by atoms with Crippen molar-refractivity contribution in [2.75, 3.05) is 5.32 Å². The van der Waals surface area contributed by atoms with E-state index in [0.717, 1.165) is 35.2 Å². The van der Waals surface area contributed by atoms with Crippen molar-refractivity contribution in [2.24, 2.45) is 0 Å². The molecule has 1 fully saturated rings.